The molecule has 0 atom stereocenters. The molecule has 1 amide bonds. The monoisotopic (exact) mass is 297 g/mol. The molecule has 0 aliphatic rings. The van der Waals surface area contributed by atoms with Crippen molar-refractivity contribution in [3.05, 3.63) is 65.4 Å². The zero-order chi connectivity index (χ0) is 14.8. The Balaban J connectivity index is 1.94. The van der Waals surface area contributed by atoms with Gasteiger partial charge in [-0.1, -0.05) is 23.7 Å². The molecule has 3 aromatic rings. The maximum absolute atomic E-state index is 12.3. The Labute approximate surface area is 126 Å². The van der Waals surface area contributed by atoms with Crippen LogP contribution in [0.5, 0.6) is 0 Å². The summed E-state index contributed by atoms with van der Waals surface area (Å²) in [6.07, 6.45) is 3.44. The molecule has 21 heavy (non-hydrogen) atoms. The topological polar surface area (TPSA) is 68.0 Å². The second-order valence-corrected chi connectivity index (χ2v) is 5.00. The highest BCUT2D eigenvalue weighted by molar-refractivity contribution is 6.33. The lowest BCUT2D eigenvalue weighted by molar-refractivity contribution is 0.102. The van der Waals surface area contributed by atoms with Crippen LogP contribution in [0.1, 0.15) is 10.4 Å². The number of pyridine rings is 1. The number of nitrogen functional groups attached to an aromatic ring is 1. The fourth-order valence-corrected chi connectivity index (χ4v) is 2.22. The molecule has 0 aliphatic carbocycles. The van der Waals surface area contributed by atoms with Gasteiger partial charge in [-0.3, -0.25) is 9.78 Å². The van der Waals surface area contributed by atoms with Crippen LogP contribution >= 0.6 is 11.6 Å². The quantitative estimate of drug-likeness (QED) is 0.708. The minimum absolute atomic E-state index is 0.241. The molecule has 3 rings (SSSR count). The van der Waals surface area contributed by atoms with E-state index in [0.717, 1.165) is 10.8 Å². The van der Waals surface area contributed by atoms with Crippen molar-refractivity contribution in [3.63, 3.8) is 0 Å². The molecular formula is C16H12ClN3O. The Morgan fingerprint density at radius 1 is 1.19 bits per heavy atom. The summed E-state index contributed by atoms with van der Waals surface area (Å²) in [7, 11) is 0. The van der Waals surface area contributed by atoms with Gasteiger partial charge in [0.25, 0.3) is 5.91 Å². The van der Waals surface area contributed by atoms with Gasteiger partial charge in [-0.05, 0) is 35.7 Å². The smallest absolute Gasteiger partial charge is 0.255 e. The largest absolute Gasteiger partial charge is 0.398 e. The lowest BCUT2D eigenvalue weighted by Gasteiger charge is -2.09. The van der Waals surface area contributed by atoms with Gasteiger partial charge >= 0.3 is 0 Å². The molecule has 0 spiro atoms. The van der Waals surface area contributed by atoms with Crippen molar-refractivity contribution in [2.24, 2.45) is 0 Å². The molecule has 0 saturated heterocycles. The number of benzene rings is 2. The van der Waals surface area contributed by atoms with Gasteiger partial charge in [0.15, 0.2) is 0 Å². The van der Waals surface area contributed by atoms with Crippen molar-refractivity contribution >= 4 is 39.7 Å². The molecule has 4 nitrogen and oxygen atoms in total. The predicted octanol–water partition coefficient (Wildman–Crippen LogP) is 3.72. The van der Waals surface area contributed by atoms with E-state index in [1.54, 1.807) is 30.6 Å². The van der Waals surface area contributed by atoms with Gasteiger partial charge in [0.2, 0.25) is 0 Å². The van der Waals surface area contributed by atoms with Crippen LogP contribution in [0.3, 0.4) is 0 Å². The summed E-state index contributed by atoms with van der Waals surface area (Å²) in [5.74, 6) is -0.241. The fourth-order valence-electron chi connectivity index (χ4n) is 2.10. The molecule has 0 saturated carbocycles. The summed E-state index contributed by atoms with van der Waals surface area (Å²) in [6.45, 7) is 0. The maximum Gasteiger partial charge on any atom is 0.255 e. The van der Waals surface area contributed by atoms with Crippen molar-refractivity contribution in [3.8, 4) is 0 Å². The Morgan fingerprint density at radius 3 is 2.86 bits per heavy atom. The molecule has 0 unspecified atom stereocenters. The molecule has 104 valence electrons. The van der Waals surface area contributed by atoms with E-state index in [0.29, 0.717) is 22.0 Å². The van der Waals surface area contributed by atoms with Crippen LogP contribution in [0, 0.1) is 0 Å². The molecule has 0 aliphatic heterocycles. The molecule has 3 N–H and O–H groups in total. The first-order chi connectivity index (χ1) is 10.1. The zero-order valence-electron chi connectivity index (χ0n) is 11.0. The van der Waals surface area contributed by atoms with Gasteiger partial charge in [0, 0.05) is 23.3 Å². The van der Waals surface area contributed by atoms with Crippen molar-refractivity contribution < 1.29 is 4.79 Å². The highest BCUT2D eigenvalue weighted by Gasteiger charge is 2.09. The Bertz CT molecular complexity index is 827. The number of halogens is 1. The van der Waals surface area contributed by atoms with E-state index in [9.17, 15) is 4.79 Å². The second kappa shape index (κ2) is 5.42. The number of anilines is 2. The first-order valence-electron chi connectivity index (χ1n) is 6.34. The maximum atomic E-state index is 12.3. The number of rotatable bonds is 2. The standard InChI is InChI=1S/C16H12ClN3O/c17-13-5-4-11(8-14(13)18)16(21)20-15-3-1-2-10-6-7-19-9-12(10)15/h1-9H,18H2,(H,20,21). The first kappa shape index (κ1) is 13.4. The van der Waals surface area contributed by atoms with Gasteiger partial charge < -0.3 is 11.1 Å². The molecule has 5 heteroatoms. The molecular weight excluding hydrogens is 286 g/mol. The second-order valence-electron chi connectivity index (χ2n) is 4.59. The van der Waals surface area contributed by atoms with E-state index in [4.69, 9.17) is 17.3 Å². The molecule has 1 aromatic heterocycles. The minimum atomic E-state index is -0.241. The Kier molecular flexibility index (Phi) is 3.46. The van der Waals surface area contributed by atoms with Gasteiger partial charge in [-0.2, -0.15) is 0 Å². The van der Waals surface area contributed by atoms with Gasteiger partial charge in [-0.15, -0.1) is 0 Å². The minimum Gasteiger partial charge on any atom is -0.398 e. The van der Waals surface area contributed by atoms with E-state index in [-0.39, 0.29) is 5.91 Å². The van der Waals surface area contributed by atoms with E-state index in [1.165, 1.54) is 0 Å². The van der Waals surface area contributed by atoms with Crippen LogP contribution in [0.25, 0.3) is 10.8 Å². The van der Waals surface area contributed by atoms with Crippen molar-refractivity contribution in [1.29, 1.82) is 0 Å². The van der Waals surface area contributed by atoms with Crippen molar-refractivity contribution in [1.82, 2.24) is 4.98 Å². The number of carbonyl (C=O) groups excluding carboxylic acids is 1. The van der Waals surface area contributed by atoms with Crippen LogP contribution in [0.2, 0.25) is 5.02 Å². The number of nitrogens with two attached hydrogens (primary N) is 1. The van der Waals surface area contributed by atoms with Crippen LogP contribution in [0.15, 0.2) is 54.9 Å². The third kappa shape index (κ3) is 2.66. The fraction of sp³-hybridized carbons (Fsp3) is 0. The van der Waals surface area contributed by atoms with Gasteiger partial charge in [-0.25, -0.2) is 0 Å². The molecule has 0 fully saturated rings. The van der Waals surface area contributed by atoms with Gasteiger partial charge in [0.1, 0.15) is 0 Å². The van der Waals surface area contributed by atoms with E-state index in [1.807, 2.05) is 24.3 Å². The van der Waals surface area contributed by atoms with Crippen LogP contribution in [0.4, 0.5) is 11.4 Å². The number of nitrogens with zero attached hydrogens (tertiary/aromatic N) is 1. The van der Waals surface area contributed by atoms with Crippen LogP contribution < -0.4 is 11.1 Å². The third-order valence-electron chi connectivity index (χ3n) is 3.19. The number of fused-ring (bicyclic) bond motifs is 1. The average molecular weight is 298 g/mol. The number of amides is 1. The van der Waals surface area contributed by atoms with Crippen molar-refractivity contribution in [2.75, 3.05) is 11.1 Å². The zero-order valence-corrected chi connectivity index (χ0v) is 11.8. The number of hydrogen-bond donors (Lipinski definition) is 2. The number of hydrogen-bond acceptors (Lipinski definition) is 3. The normalized spacial score (nSPS) is 10.5. The van der Waals surface area contributed by atoms with E-state index >= 15 is 0 Å². The number of aromatic nitrogens is 1. The highest BCUT2D eigenvalue weighted by atomic mass is 35.5. The highest BCUT2D eigenvalue weighted by Crippen LogP contribution is 2.24. The summed E-state index contributed by atoms with van der Waals surface area (Å²) < 4.78 is 0. The molecule has 0 bridgehead atoms. The predicted molar refractivity (Wildman–Crippen MR) is 85.6 cm³/mol. The molecule has 2 aromatic carbocycles. The number of carbonyl (C=O) groups is 1. The van der Waals surface area contributed by atoms with Crippen LogP contribution in [-0.4, -0.2) is 10.9 Å². The lowest BCUT2D eigenvalue weighted by atomic mass is 10.1. The van der Waals surface area contributed by atoms with Crippen molar-refractivity contribution in [2.45, 2.75) is 0 Å². The SMILES string of the molecule is Nc1cc(C(=O)Nc2cccc3ccncc23)ccc1Cl. The van der Waals surface area contributed by atoms with Crippen LogP contribution in [-0.2, 0) is 0 Å². The summed E-state index contributed by atoms with van der Waals surface area (Å²) in [5, 5.41) is 5.20. The van der Waals surface area contributed by atoms with E-state index in [2.05, 4.69) is 10.3 Å². The Morgan fingerprint density at radius 2 is 2.05 bits per heavy atom. The van der Waals surface area contributed by atoms with Gasteiger partial charge in [0.05, 0.1) is 16.4 Å². The summed E-state index contributed by atoms with van der Waals surface area (Å²) in [6, 6.07) is 12.4. The lowest BCUT2D eigenvalue weighted by Crippen LogP contribution is -2.12. The first-order valence-corrected chi connectivity index (χ1v) is 6.72. The third-order valence-corrected chi connectivity index (χ3v) is 3.53. The summed E-state index contributed by atoms with van der Waals surface area (Å²) in [4.78, 5) is 16.4. The summed E-state index contributed by atoms with van der Waals surface area (Å²) in [5.41, 5.74) is 7.26. The average Bonchev–Trinajstić information content (AvgIpc) is 2.50. The molecule has 0 radical (unpaired) electrons. The summed E-state index contributed by atoms with van der Waals surface area (Å²) >= 11 is 5.86. The molecule has 1 heterocycles. The Hall–Kier alpha value is -2.59. The van der Waals surface area contributed by atoms with E-state index < -0.39 is 0 Å². The number of nitrogens with one attached hydrogen (secondary N) is 1.